The van der Waals surface area contributed by atoms with Crippen LogP contribution in [0.2, 0.25) is 0 Å². The van der Waals surface area contributed by atoms with Gasteiger partial charge in [-0.05, 0) is 19.3 Å². The number of aliphatic hydroxyl groups excluding tert-OH is 1. The fourth-order valence-corrected chi connectivity index (χ4v) is 2.14. The standard InChI is InChI=1S/C13H18O7/c14-7-8-11(12(17)18)9(20-13(8)19)5-3-1-2-4-6-10(15)16/h9,14H,1-7H2,(H,15,16)(H,17,18)/t9-/m0/s1. The van der Waals surface area contributed by atoms with E-state index in [1.165, 1.54) is 0 Å². The summed E-state index contributed by atoms with van der Waals surface area (Å²) in [7, 11) is 0. The van der Waals surface area contributed by atoms with Gasteiger partial charge in [0.1, 0.15) is 6.10 Å². The second-order valence-corrected chi connectivity index (χ2v) is 4.60. The first-order valence-corrected chi connectivity index (χ1v) is 6.47. The van der Waals surface area contributed by atoms with Crippen molar-refractivity contribution in [3.63, 3.8) is 0 Å². The summed E-state index contributed by atoms with van der Waals surface area (Å²) < 4.78 is 4.94. The van der Waals surface area contributed by atoms with Crippen molar-refractivity contribution in [3.05, 3.63) is 11.1 Å². The maximum absolute atomic E-state index is 11.4. The lowest BCUT2D eigenvalue weighted by molar-refractivity contribution is -0.141. The summed E-state index contributed by atoms with van der Waals surface area (Å²) in [5.41, 5.74) is -0.351. The number of ether oxygens (including phenoxy) is 1. The molecule has 1 aliphatic rings. The Kier molecular flexibility index (Phi) is 6.17. The maximum atomic E-state index is 11.4. The summed E-state index contributed by atoms with van der Waals surface area (Å²) in [6, 6.07) is 0. The van der Waals surface area contributed by atoms with Gasteiger partial charge in [0.25, 0.3) is 0 Å². The molecule has 20 heavy (non-hydrogen) atoms. The van der Waals surface area contributed by atoms with Crippen LogP contribution in [-0.2, 0) is 19.1 Å². The highest BCUT2D eigenvalue weighted by Crippen LogP contribution is 2.26. The smallest absolute Gasteiger partial charge is 0.337 e. The Bertz CT molecular complexity index is 424. The molecule has 0 radical (unpaired) electrons. The SMILES string of the molecule is O=C(O)CCCCCC[C@@H]1OC(=O)C(CO)=C1C(=O)O. The van der Waals surface area contributed by atoms with Crippen LogP contribution in [0.25, 0.3) is 0 Å². The van der Waals surface area contributed by atoms with E-state index >= 15 is 0 Å². The third kappa shape index (κ3) is 4.34. The van der Waals surface area contributed by atoms with Gasteiger partial charge in [0.2, 0.25) is 0 Å². The number of hydrogen-bond donors (Lipinski definition) is 3. The average molecular weight is 286 g/mol. The van der Waals surface area contributed by atoms with Gasteiger partial charge < -0.3 is 20.1 Å². The van der Waals surface area contributed by atoms with Gasteiger partial charge in [-0.3, -0.25) is 4.79 Å². The molecule has 0 amide bonds. The molecular weight excluding hydrogens is 268 g/mol. The largest absolute Gasteiger partial charge is 0.481 e. The number of carbonyl (C=O) groups is 3. The van der Waals surface area contributed by atoms with Crippen molar-refractivity contribution in [1.82, 2.24) is 0 Å². The lowest BCUT2D eigenvalue weighted by Crippen LogP contribution is -2.17. The molecule has 7 heteroatoms. The van der Waals surface area contributed by atoms with Crippen LogP contribution in [0.5, 0.6) is 0 Å². The molecular formula is C13H18O7. The van der Waals surface area contributed by atoms with Gasteiger partial charge in [-0.1, -0.05) is 12.8 Å². The summed E-state index contributed by atoms with van der Waals surface area (Å²) in [6.45, 7) is -0.643. The molecule has 0 fully saturated rings. The Labute approximate surface area is 115 Å². The van der Waals surface area contributed by atoms with Crippen LogP contribution in [0, 0.1) is 0 Å². The van der Waals surface area contributed by atoms with Crippen LogP contribution >= 0.6 is 0 Å². The zero-order valence-electron chi connectivity index (χ0n) is 11.0. The number of hydrogen-bond acceptors (Lipinski definition) is 5. The minimum atomic E-state index is -1.25. The van der Waals surface area contributed by atoms with Gasteiger partial charge in [0.15, 0.2) is 0 Å². The minimum absolute atomic E-state index is 0.118. The van der Waals surface area contributed by atoms with Gasteiger partial charge in [-0.15, -0.1) is 0 Å². The summed E-state index contributed by atoms with van der Waals surface area (Å²) in [4.78, 5) is 32.8. The highest BCUT2D eigenvalue weighted by atomic mass is 16.6. The molecule has 112 valence electrons. The number of unbranched alkanes of at least 4 members (excludes halogenated alkanes) is 3. The molecule has 7 nitrogen and oxygen atoms in total. The van der Waals surface area contributed by atoms with Gasteiger partial charge >= 0.3 is 17.9 Å². The maximum Gasteiger partial charge on any atom is 0.337 e. The molecule has 0 spiro atoms. The second kappa shape index (κ2) is 7.64. The summed E-state index contributed by atoms with van der Waals surface area (Å²) in [5.74, 6) is -2.87. The predicted octanol–water partition coefficient (Wildman–Crippen LogP) is 0.710. The summed E-state index contributed by atoms with van der Waals surface area (Å²) in [6.07, 6.45) is 2.34. The van der Waals surface area contributed by atoms with Crippen LogP contribution in [0.3, 0.4) is 0 Å². The first kappa shape index (κ1) is 16.2. The van der Waals surface area contributed by atoms with E-state index in [9.17, 15) is 14.4 Å². The first-order valence-electron chi connectivity index (χ1n) is 6.47. The number of carboxylic acids is 2. The molecule has 1 aliphatic heterocycles. The Morgan fingerprint density at radius 1 is 1.10 bits per heavy atom. The van der Waals surface area contributed by atoms with E-state index in [4.69, 9.17) is 20.1 Å². The molecule has 0 aromatic carbocycles. The molecule has 1 heterocycles. The van der Waals surface area contributed by atoms with Crippen molar-refractivity contribution < 1.29 is 34.4 Å². The van der Waals surface area contributed by atoms with Crippen LogP contribution in [0.15, 0.2) is 11.1 Å². The van der Waals surface area contributed by atoms with Crippen LogP contribution < -0.4 is 0 Å². The number of rotatable bonds is 9. The van der Waals surface area contributed by atoms with Crippen LogP contribution in [0.4, 0.5) is 0 Å². The Hall–Kier alpha value is -1.89. The van der Waals surface area contributed by atoms with Gasteiger partial charge in [0, 0.05) is 6.42 Å². The molecule has 0 aromatic rings. The van der Waals surface area contributed by atoms with Gasteiger partial charge in [0.05, 0.1) is 17.8 Å². The Morgan fingerprint density at radius 2 is 1.75 bits per heavy atom. The molecule has 0 saturated carbocycles. The third-order valence-corrected chi connectivity index (χ3v) is 3.14. The number of cyclic esters (lactones) is 1. The molecule has 0 bridgehead atoms. The normalized spacial score (nSPS) is 18.2. The summed E-state index contributed by atoms with van der Waals surface area (Å²) >= 11 is 0. The van der Waals surface area contributed by atoms with E-state index in [-0.39, 0.29) is 17.6 Å². The van der Waals surface area contributed by atoms with E-state index in [0.29, 0.717) is 19.3 Å². The van der Waals surface area contributed by atoms with Crippen molar-refractivity contribution in [2.45, 2.75) is 44.6 Å². The predicted molar refractivity (Wildman–Crippen MR) is 67.0 cm³/mol. The number of carboxylic acid groups (broad SMARTS) is 2. The lowest BCUT2D eigenvalue weighted by atomic mass is 10.0. The van der Waals surface area contributed by atoms with E-state index in [2.05, 4.69) is 0 Å². The van der Waals surface area contributed by atoms with Crippen molar-refractivity contribution in [2.75, 3.05) is 6.61 Å². The Balaban J connectivity index is 2.40. The van der Waals surface area contributed by atoms with Crippen molar-refractivity contribution >= 4 is 17.9 Å². The van der Waals surface area contributed by atoms with Crippen LogP contribution in [0.1, 0.15) is 38.5 Å². The molecule has 0 saturated heterocycles. The number of carbonyl (C=O) groups excluding carboxylic acids is 1. The third-order valence-electron chi connectivity index (χ3n) is 3.14. The van der Waals surface area contributed by atoms with Crippen molar-refractivity contribution in [1.29, 1.82) is 0 Å². The zero-order chi connectivity index (χ0) is 15.1. The van der Waals surface area contributed by atoms with Gasteiger partial charge in [-0.25, -0.2) is 9.59 Å². The number of esters is 1. The quantitative estimate of drug-likeness (QED) is 0.421. The molecule has 0 aromatic heterocycles. The summed E-state index contributed by atoms with van der Waals surface area (Å²) in [5, 5.41) is 26.5. The highest BCUT2D eigenvalue weighted by Gasteiger charge is 2.37. The fraction of sp³-hybridized carbons (Fsp3) is 0.615. The fourth-order valence-electron chi connectivity index (χ4n) is 2.14. The topological polar surface area (TPSA) is 121 Å². The van der Waals surface area contributed by atoms with Gasteiger partial charge in [-0.2, -0.15) is 0 Å². The van der Waals surface area contributed by atoms with Crippen molar-refractivity contribution in [2.24, 2.45) is 0 Å². The molecule has 0 unspecified atom stereocenters. The van der Waals surface area contributed by atoms with Crippen molar-refractivity contribution in [3.8, 4) is 0 Å². The zero-order valence-corrected chi connectivity index (χ0v) is 11.0. The van der Waals surface area contributed by atoms with E-state index in [1.54, 1.807) is 0 Å². The lowest BCUT2D eigenvalue weighted by Gasteiger charge is -2.11. The van der Waals surface area contributed by atoms with E-state index in [0.717, 1.165) is 12.8 Å². The molecule has 1 rings (SSSR count). The minimum Gasteiger partial charge on any atom is -0.481 e. The highest BCUT2D eigenvalue weighted by molar-refractivity contribution is 6.03. The number of aliphatic carboxylic acids is 2. The number of aliphatic hydroxyl groups is 1. The Morgan fingerprint density at radius 3 is 2.30 bits per heavy atom. The van der Waals surface area contributed by atoms with Crippen LogP contribution in [-0.4, -0.2) is 45.9 Å². The van der Waals surface area contributed by atoms with E-state index in [1.807, 2.05) is 0 Å². The molecule has 3 N–H and O–H groups in total. The van der Waals surface area contributed by atoms with E-state index < -0.39 is 30.6 Å². The molecule has 1 atom stereocenters. The monoisotopic (exact) mass is 286 g/mol. The molecule has 0 aliphatic carbocycles. The average Bonchev–Trinajstić information content (AvgIpc) is 2.69. The second-order valence-electron chi connectivity index (χ2n) is 4.60. The first-order chi connectivity index (χ1) is 9.47.